The fourth-order valence-corrected chi connectivity index (χ4v) is 23.8. The molecule has 0 aliphatic rings. The molecule has 134 valence electrons. The first-order chi connectivity index (χ1) is 11.2. The van der Waals surface area contributed by atoms with Gasteiger partial charge in [0.05, 0.1) is 0 Å². The van der Waals surface area contributed by atoms with Gasteiger partial charge in [-0.15, -0.1) is 0 Å². The van der Waals surface area contributed by atoms with Crippen LogP contribution in [0, 0.1) is 0 Å². The van der Waals surface area contributed by atoms with Crippen molar-refractivity contribution in [1.82, 2.24) is 0 Å². The summed E-state index contributed by atoms with van der Waals surface area (Å²) in [6.07, 6.45) is 14.0. The van der Waals surface area contributed by atoms with Gasteiger partial charge in [0.25, 0.3) is 0 Å². The van der Waals surface area contributed by atoms with Crippen LogP contribution >= 0.6 is 11.3 Å². The van der Waals surface area contributed by atoms with E-state index < -0.39 is 18.4 Å². The van der Waals surface area contributed by atoms with Crippen LogP contribution in [-0.4, -0.2) is 18.4 Å². The molecule has 0 saturated heterocycles. The molecule has 0 N–H and O–H groups in total. The van der Waals surface area contributed by atoms with Gasteiger partial charge in [0.1, 0.15) is 0 Å². The quantitative estimate of drug-likeness (QED) is 0.206. The van der Waals surface area contributed by atoms with Crippen molar-refractivity contribution < 1.29 is 0 Å². The van der Waals surface area contributed by atoms with Crippen molar-refractivity contribution in [1.29, 1.82) is 0 Å². The Morgan fingerprint density at radius 1 is 0.739 bits per heavy atom. The number of aryl methyl sites for hydroxylation is 1. The fourth-order valence-electron chi connectivity index (χ4n) is 3.65. The molecular weight excluding hydrogens is 403 g/mol. The molecule has 0 aliphatic carbocycles. The van der Waals surface area contributed by atoms with E-state index in [2.05, 4.69) is 50.5 Å². The van der Waals surface area contributed by atoms with Gasteiger partial charge >= 0.3 is 155 Å². The number of unbranched alkanes of at least 4 members (excludes halogenated alkanes) is 5. The normalized spacial score (nSPS) is 12.0. The van der Waals surface area contributed by atoms with Crippen LogP contribution in [0.3, 0.4) is 0 Å². The molecule has 0 radical (unpaired) electrons. The number of thiophene rings is 1. The Labute approximate surface area is 154 Å². The van der Waals surface area contributed by atoms with Gasteiger partial charge in [0.2, 0.25) is 0 Å². The van der Waals surface area contributed by atoms with Crippen LogP contribution < -0.4 is 2.89 Å². The number of hydrogen-bond donors (Lipinski definition) is 0. The number of hydrogen-bond acceptors (Lipinski definition) is 1. The van der Waals surface area contributed by atoms with E-state index >= 15 is 0 Å². The molecule has 1 heterocycles. The van der Waals surface area contributed by atoms with Gasteiger partial charge in [-0.05, 0) is 0 Å². The number of rotatable bonds is 14. The second kappa shape index (κ2) is 12.8. The molecule has 0 aliphatic heterocycles. The first-order valence-electron chi connectivity index (χ1n) is 10.3. The maximum absolute atomic E-state index is 2.68. The van der Waals surface area contributed by atoms with Crippen molar-refractivity contribution in [3.05, 3.63) is 17.0 Å². The molecule has 1 aromatic rings. The Kier molecular flexibility index (Phi) is 12.0. The summed E-state index contributed by atoms with van der Waals surface area (Å²) in [6.45, 7) is 9.43. The van der Waals surface area contributed by atoms with Crippen LogP contribution in [-0.2, 0) is 6.42 Å². The molecule has 0 fully saturated rings. The topological polar surface area (TPSA) is 0 Å². The summed E-state index contributed by atoms with van der Waals surface area (Å²) in [5.74, 6) is 0. The van der Waals surface area contributed by atoms with Gasteiger partial charge in [-0.25, -0.2) is 0 Å². The average molecular weight is 443 g/mol. The molecule has 0 spiro atoms. The van der Waals surface area contributed by atoms with Gasteiger partial charge < -0.3 is 0 Å². The van der Waals surface area contributed by atoms with Crippen LogP contribution in [0.15, 0.2) is 11.4 Å². The van der Waals surface area contributed by atoms with E-state index in [1.54, 1.807) is 18.9 Å². The molecule has 0 nitrogen and oxygen atoms in total. The summed E-state index contributed by atoms with van der Waals surface area (Å²) in [7, 11) is 0. The standard InChI is InChI=1S/C9H13S.3C4H9.Sn/c1-2-3-4-5-9-6-7-10-8-9;3*1-3-4-2;/h6,8H,2-5H2,1H3;3*1,3-4H2,2H3;. The average Bonchev–Trinajstić information content (AvgIpc) is 3.04. The Balaban J connectivity index is 2.89. The molecule has 23 heavy (non-hydrogen) atoms. The predicted molar refractivity (Wildman–Crippen MR) is 112 cm³/mol. The van der Waals surface area contributed by atoms with Crippen molar-refractivity contribution in [3.63, 3.8) is 0 Å². The first kappa shape index (κ1) is 21.5. The third kappa shape index (κ3) is 7.50. The van der Waals surface area contributed by atoms with Crippen LogP contribution in [0.1, 0.15) is 91.0 Å². The summed E-state index contributed by atoms with van der Waals surface area (Å²) >= 11 is 0.0335. The molecule has 0 saturated carbocycles. The van der Waals surface area contributed by atoms with E-state index in [4.69, 9.17) is 0 Å². The van der Waals surface area contributed by atoms with Crippen LogP contribution in [0.4, 0.5) is 0 Å². The second-order valence-electron chi connectivity index (χ2n) is 7.37. The SMILES string of the molecule is CCCCCc1cs[c]([Sn]([CH2]CCC)([CH2]CCC)[CH2]CCC)c1. The van der Waals surface area contributed by atoms with Crippen LogP contribution in [0.5, 0.6) is 0 Å². The minimum absolute atomic E-state index is 1.32. The fraction of sp³-hybridized carbons (Fsp3) is 0.810. The molecule has 0 atom stereocenters. The van der Waals surface area contributed by atoms with Crippen molar-refractivity contribution in [2.75, 3.05) is 0 Å². The van der Waals surface area contributed by atoms with Crippen LogP contribution in [0.25, 0.3) is 0 Å². The van der Waals surface area contributed by atoms with Gasteiger partial charge in [-0.1, -0.05) is 0 Å². The van der Waals surface area contributed by atoms with Gasteiger partial charge in [-0.2, -0.15) is 0 Å². The summed E-state index contributed by atoms with van der Waals surface area (Å²) < 4.78 is 6.75. The van der Waals surface area contributed by atoms with E-state index in [9.17, 15) is 0 Å². The zero-order valence-corrected chi connectivity index (χ0v) is 19.9. The maximum atomic E-state index is 2.68. The first-order valence-corrected chi connectivity index (χ1v) is 18.7. The monoisotopic (exact) mass is 444 g/mol. The summed E-state index contributed by atoms with van der Waals surface area (Å²) in [4.78, 5) is 0. The molecule has 2 heteroatoms. The Morgan fingerprint density at radius 3 is 1.74 bits per heavy atom. The Hall–Kier alpha value is 0.499. The molecule has 0 bridgehead atoms. The third-order valence-corrected chi connectivity index (χ3v) is 24.6. The van der Waals surface area contributed by atoms with Gasteiger partial charge in [0, 0.05) is 0 Å². The van der Waals surface area contributed by atoms with E-state index in [0.717, 1.165) is 0 Å². The third-order valence-electron chi connectivity index (χ3n) is 5.27. The summed E-state index contributed by atoms with van der Waals surface area (Å²) in [5, 5.41) is 2.51. The molecule has 0 amide bonds. The molecule has 1 aromatic heterocycles. The zero-order chi connectivity index (χ0) is 17.0. The molecular formula is C21H40SSn. The van der Waals surface area contributed by atoms with Gasteiger partial charge in [0.15, 0.2) is 0 Å². The summed E-state index contributed by atoms with van der Waals surface area (Å²) in [6, 6.07) is 2.68. The van der Waals surface area contributed by atoms with Crippen molar-refractivity contribution in [2.24, 2.45) is 0 Å². The van der Waals surface area contributed by atoms with Crippen molar-refractivity contribution in [2.45, 2.75) is 105 Å². The van der Waals surface area contributed by atoms with Crippen molar-refractivity contribution >= 4 is 32.6 Å². The molecule has 1 rings (SSSR count). The predicted octanol–water partition coefficient (Wildman–Crippen LogP) is 7.54. The van der Waals surface area contributed by atoms with E-state index in [1.165, 1.54) is 64.2 Å². The van der Waals surface area contributed by atoms with Crippen LogP contribution in [0.2, 0.25) is 13.3 Å². The molecule has 0 aromatic carbocycles. The van der Waals surface area contributed by atoms with E-state index in [-0.39, 0.29) is 0 Å². The van der Waals surface area contributed by atoms with E-state index in [1.807, 2.05) is 2.89 Å². The summed E-state index contributed by atoms with van der Waals surface area (Å²) in [5.41, 5.74) is 1.66. The second-order valence-corrected chi connectivity index (χ2v) is 22.4. The van der Waals surface area contributed by atoms with E-state index in [0.29, 0.717) is 0 Å². The molecule has 0 unspecified atom stereocenters. The Morgan fingerprint density at radius 2 is 1.26 bits per heavy atom. The minimum atomic E-state index is -2.13. The van der Waals surface area contributed by atoms with Gasteiger partial charge in [-0.3, -0.25) is 0 Å². The van der Waals surface area contributed by atoms with Crippen molar-refractivity contribution in [3.8, 4) is 0 Å². The zero-order valence-electron chi connectivity index (χ0n) is 16.3. The Bertz CT molecular complexity index is 375.